The number of ether oxygens (including phenoxy) is 2. The Hall–Kier alpha value is -2.50. The lowest BCUT2D eigenvalue weighted by Gasteiger charge is -2.43. The molecule has 4 rings (SSSR count). The zero-order valence-corrected chi connectivity index (χ0v) is 24.9. The number of alkyl halides is 12. The molecule has 0 saturated heterocycles. The predicted molar refractivity (Wildman–Crippen MR) is 137 cm³/mol. The van der Waals surface area contributed by atoms with E-state index in [0.29, 0.717) is 44.6 Å². The second-order valence-corrected chi connectivity index (χ2v) is 13.2. The lowest BCUT2D eigenvalue weighted by atomic mass is 9.75. The molecule has 0 aromatic rings. The van der Waals surface area contributed by atoms with Gasteiger partial charge in [-0.1, -0.05) is 13.2 Å². The molecule has 4 saturated carbocycles. The van der Waals surface area contributed by atoms with E-state index in [1.165, 1.54) is 6.92 Å². The third-order valence-corrected chi connectivity index (χ3v) is 9.94. The SMILES string of the molecule is C=C(C)C(=O)OC1(CC(O)(C(F)(F)F)C(F)(F)F)CC2CCC1C2.C=CC(=O)OC1(CC(O)(C(F)(F)F)C(F)(F)F)CC2CCC1C2. The van der Waals surface area contributed by atoms with Crippen molar-refractivity contribution < 1.29 is 82.0 Å². The average Bonchev–Trinajstić information content (AvgIpc) is 3.68. The van der Waals surface area contributed by atoms with Gasteiger partial charge in [-0.15, -0.1) is 0 Å². The lowest BCUT2D eigenvalue weighted by molar-refractivity contribution is -0.380. The molecule has 6 nitrogen and oxygen atoms in total. The summed E-state index contributed by atoms with van der Waals surface area (Å²) in [5, 5.41) is 19.0. The van der Waals surface area contributed by atoms with Crippen LogP contribution in [0.4, 0.5) is 52.7 Å². The molecule has 270 valence electrons. The Morgan fingerprint density at radius 2 is 1.04 bits per heavy atom. The van der Waals surface area contributed by atoms with Gasteiger partial charge in [-0.2, -0.15) is 52.7 Å². The second-order valence-electron chi connectivity index (χ2n) is 13.2. The van der Waals surface area contributed by atoms with Crippen LogP contribution < -0.4 is 0 Å². The summed E-state index contributed by atoms with van der Waals surface area (Å²) in [5.41, 5.74) is -13.9. The molecule has 0 heterocycles. The van der Waals surface area contributed by atoms with Crippen LogP contribution in [0.25, 0.3) is 0 Å². The topological polar surface area (TPSA) is 93.1 Å². The monoisotopic (exact) mass is 706 g/mol. The fourth-order valence-corrected chi connectivity index (χ4v) is 7.64. The number of halogens is 12. The molecule has 4 bridgehead atoms. The Morgan fingerprint density at radius 3 is 1.28 bits per heavy atom. The maximum Gasteiger partial charge on any atom is 0.426 e. The Labute approximate surface area is 261 Å². The Bertz CT molecular complexity index is 1190. The summed E-state index contributed by atoms with van der Waals surface area (Å²) in [6.45, 7) is 7.66. The molecule has 4 fully saturated rings. The first kappa shape index (κ1) is 38.9. The largest absolute Gasteiger partial charge is 0.455 e. The van der Waals surface area contributed by atoms with Gasteiger partial charge in [0.15, 0.2) is 0 Å². The standard InChI is InChI=1S/C15H18F6O3.C14H16F6O3/c1-8(2)11(22)24-12(6-9-3-4-10(12)5-9)7-13(23,14(16,17)18)15(19,20)21;1-2-10(21)23-11(6-8-3-4-9(11)5-8)7-12(22,13(15,16)17)14(18,19)20/h9-10,23H,1,3-7H2,2H3;2,8-9,22H,1,3-7H2. The number of hydrogen-bond donors (Lipinski definition) is 2. The molecule has 0 radical (unpaired) electrons. The lowest BCUT2D eigenvalue weighted by Crippen LogP contribution is -2.62. The van der Waals surface area contributed by atoms with Gasteiger partial charge in [0, 0.05) is 24.5 Å². The van der Waals surface area contributed by atoms with Crippen LogP contribution in [-0.4, -0.2) is 69.3 Å². The number of hydrogen-bond acceptors (Lipinski definition) is 6. The van der Waals surface area contributed by atoms with E-state index in [9.17, 15) is 72.5 Å². The van der Waals surface area contributed by atoms with Crippen molar-refractivity contribution in [2.45, 2.75) is 118 Å². The molecule has 0 aromatic heterocycles. The highest BCUT2D eigenvalue weighted by atomic mass is 19.4. The molecule has 47 heavy (non-hydrogen) atoms. The number of carbonyl (C=O) groups is 2. The molecule has 0 aromatic carbocycles. The first-order valence-corrected chi connectivity index (χ1v) is 14.5. The summed E-state index contributed by atoms with van der Waals surface area (Å²) in [6, 6.07) is 0. The number of fused-ring (bicyclic) bond motifs is 4. The highest BCUT2D eigenvalue weighted by molar-refractivity contribution is 5.87. The van der Waals surface area contributed by atoms with Gasteiger partial charge in [0.1, 0.15) is 11.2 Å². The van der Waals surface area contributed by atoms with Crippen molar-refractivity contribution in [3.05, 3.63) is 24.8 Å². The first-order valence-electron chi connectivity index (χ1n) is 14.5. The van der Waals surface area contributed by atoms with E-state index in [2.05, 4.69) is 13.2 Å². The van der Waals surface area contributed by atoms with E-state index in [4.69, 9.17) is 9.47 Å². The fourth-order valence-electron chi connectivity index (χ4n) is 7.64. The number of carbonyl (C=O) groups excluding carboxylic acids is 2. The van der Waals surface area contributed by atoms with Gasteiger partial charge in [-0.05, 0) is 82.0 Å². The molecular formula is C29H34F12O6. The van der Waals surface area contributed by atoms with Crippen LogP contribution in [0.5, 0.6) is 0 Å². The molecule has 6 atom stereocenters. The van der Waals surface area contributed by atoms with E-state index in [0.717, 1.165) is 0 Å². The maximum atomic E-state index is 13.0. The van der Waals surface area contributed by atoms with Crippen molar-refractivity contribution >= 4 is 11.9 Å². The van der Waals surface area contributed by atoms with Gasteiger partial charge in [-0.25, -0.2) is 9.59 Å². The van der Waals surface area contributed by atoms with Gasteiger partial charge in [0.2, 0.25) is 0 Å². The average molecular weight is 707 g/mol. The minimum Gasteiger partial charge on any atom is -0.455 e. The summed E-state index contributed by atoms with van der Waals surface area (Å²) in [5.74, 6) is -3.63. The van der Waals surface area contributed by atoms with E-state index < -0.39 is 83.7 Å². The molecule has 0 amide bonds. The van der Waals surface area contributed by atoms with Gasteiger partial charge < -0.3 is 19.7 Å². The minimum atomic E-state index is -5.93. The zero-order chi connectivity index (χ0) is 36.2. The van der Waals surface area contributed by atoms with E-state index in [-0.39, 0.29) is 30.3 Å². The first-order chi connectivity index (χ1) is 21.1. The van der Waals surface area contributed by atoms with Crippen LogP contribution in [0.2, 0.25) is 0 Å². The molecular weight excluding hydrogens is 672 g/mol. The van der Waals surface area contributed by atoms with E-state index in [1.54, 1.807) is 0 Å². The summed E-state index contributed by atoms with van der Waals surface area (Å²) < 4.78 is 166. The smallest absolute Gasteiger partial charge is 0.426 e. The van der Waals surface area contributed by atoms with Crippen molar-refractivity contribution in [3.63, 3.8) is 0 Å². The van der Waals surface area contributed by atoms with Crippen LogP contribution in [0.3, 0.4) is 0 Å². The number of rotatable bonds is 8. The van der Waals surface area contributed by atoms with Gasteiger partial charge >= 0.3 is 36.6 Å². The minimum absolute atomic E-state index is 0.108. The van der Waals surface area contributed by atoms with Gasteiger partial charge in [0.25, 0.3) is 11.2 Å². The summed E-state index contributed by atoms with van der Waals surface area (Å²) >= 11 is 0. The Morgan fingerprint density at radius 1 is 0.702 bits per heavy atom. The number of aliphatic hydroxyl groups is 2. The second kappa shape index (κ2) is 12.4. The summed E-state index contributed by atoms with van der Waals surface area (Å²) in [4.78, 5) is 23.2. The van der Waals surface area contributed by atoms with Crippen LogP contribution in [0.1, 0.15) is 71.1 Å². The van der Waals surface area contributed by atoms with Crippen LogP contribution in [-0.2, 0) is 19.1 Å². The highest BCUT2D eigenvalue weighted by Gasteiger charge is 2.75. The van der Waals surface area contributed by atoms with Gasteiger partial charge in [-0.3, -0.25) is 0 Å². The third kappa shape index (κ3) is 7.27. The molecule has 4 aliphatic carbocycles. The van der Waals surface area contributed by atoms with Crippen molar-refractivity contribution in [1.82, 2.24) is 0 Å². The molecule has 6 unspecified atom stereocenters. The predicted octanol–water partition coefficient (Wildman–Crippen LogP) is 7.43. The molecule has 18 heteroatoms. The summed E-state index contributed by atoms with van der Waals surface area (Å²) in [6.07, 6.45) is -24.0. The van der Waals surface area contributed by atoms with Crippen LogP contribution in [0, 0.1) is 23.7 Å². The van der Waals surface area contributed by atoms with E-state index in [1.807, 2.05) is 0 Å². The van der Waals surface area contributed by atoms with Crippen LogP contribution >= 0.6 is 0 Å². The normalized spacial score (nSPS) is 30.9. The fraction of sp³-hybridized carbons (Fsp3) is 0.793. The number of esters is 2. The summed E-state index contributed by atoms with van der Waals surface area (Å²) in [7, 11) is 0. The quantitative estimate of drug-likeness (QED) is 0.155. The maximum absolute atomic E-state index is 13.0. The van der Waals surface area contributed by atoms with Gasteiger partial charge in [0.05, 0.1) is 0 Å². The molecule has 2 N–H and O–H groups in total. The van der Waals surface area contributed by atoms with Crippen molar-refractivity contribution in [2.75, 3.05) is 0 Å². The highest BCUT2D eigenvalue weighted by Crippen LogP contribution is 2.60. The van der Waals surface area contributed by atoms with Crippen molar-refractivity contribution in [2.24, 2.45) is 23.7 Å². The zero-order valence-electron chi connectivity index (χ0n) is 24.9. The van der Waals surface area contributed by atoms with Crippen molar-refractivity contribution in [3.8, 4) is 0 Å². The Kier molecular flexibility index (Phi) is 10.3. The molecule has 4 aliphatic rings. The van der Waals surface area contributed by atoms with Crippen molar-refractivity contribution in [1.29, 1.82) is 0 Å². The van der Waals surface area contributed by atoms with E-state index >= 15 is 0 Å². The Balaban J connectivity index is 0.000000256. The third-order valence-electron chi connectivity index (χ3n) is 9.94. The van der Waals surface area contributed by atoms with Crippen LogP contribution in [0.15, 0.2) is 24.8 Å². The molecule has 0 aliphatic heterocycles. The molecule has 0 spiro atoms.